The third-order valence-corrected chi connectivity index (χ3v) is 4.11. The van der Waals surface area contributed by atoms with Gasteiger partial charge in [-0.1, -0.05) is 48.5 Å². The number of carbonyl (C=O) groups excluding carboxylic acids is 1. The van der Waals surface area contributed by atoms with Gasteiger partial charge in [-0.05, 0) is 18.1 Å². The number of carboxylic acid groups (broad SMARTS) is 1. The number of aliphatic carboxylic acids is 1. The van der Waals surface area contributed by atoms with E-state index in [2.05, 4.69) is 0 Å². The highest BCUT2D eigenvalue weighted by Gasteiger charge is 2.31. The van der Waals surface area contributed by atoms with E-state index in [1.165, 1.54) is 4.90 Å². The lowest BCUT2D eigenvalue weighted by Gasteiger charge is -2.30. The summed E-state index contributed by atoms with van der Waals surface area (Å²) < 4.78 is 5.60. The number of carboxylic acids is 1. The number of rotatable bonds is 5. The molecule has 5 heteroatoms. The first-order chi connectivity index (χ1) is 11.6. The summed E-state index contributed by atoms with van der Waals surface area (Å²) in [7, 11) is 0. The van der Waals surface area contributed by atoms with Crippen molar-refractivity contribution in [3.05, 3.63) is 65.7 Å². The number of para-hydroxylation sites is 1. The van der Waals surface area contributed by atoms with Gasteiger partial charge in [-0.25, -0.2) is 0 Å². The zero-order chi connectivity index (χ0) is 16.9. The van der Waals surface area contributed by atoms with Crippen LogP contribution in [-0.4, -0.2) is 35.0 Å². The van der Waals surface area contributed by atoms with Crippen LogP contribution in [-0.2, 0) is 16.1 Å². The molecule has 24 heavy (non-hydrogen) atoms. The average molecular weight is 325 g/mol. The summed E-state index contributed by atoms with van der Waals surface area (Å²) >= 11 is 0. The molecule has 0 saturated heterocycles. The molecule has 3 rings (SSSR count). The number of fused-ring (bicyclic) bond motifs is 1. The van der Waals surface area contributed by atoms with Gasteiger partial charge >= 0.3 is 5.97 Å². The minimum absolute atomic E-state index is 0.169. The lowest BCUT2D eigenvalue weighted by molar-refractivity contribution is -0.145. The molecule has 1 amide bonds. The molecule has 5 nitrogen and oxygen atoms in total. The van der Waals surface area contributed by atoms with Crippen molar-refractivity contribution in [3.63, 3.8) is 0 Å². The largest absolute Gasteiger partial charge is 0.493 e. The van der Waals surface area contributed by atoms with Crippen LogP contribution in [0.2, 0.25) is 0 Å². The van der Waals surface area contributed by atoms with Crippen LogP contribution in [0.4, 0.5) is 0 Å². The SMILES string of the molecule is O=C(O)CN(Cc1ccccc1)C(=O)[C@@H]1CCOc2ccccc21. The maximum atomic E-state index is 13.0. The fraction of sp³-hybridized carbons (Fsp3) is 0.263. The Morgan fingerprint density at radius 2 is 1.79 bits per heavy atom. The number of amides is 1. The third-order valence-electron chi connectivity index (χ3n) is 4.11. The smallest absolute Gasteiger partial charge is 0.323 e. The molecule has 0 fully saturated rings. The van der Waals surface area contributed by atoms with Crippen LogP contribution in [0.25, 0.3) is 0 Å². The molecule has 1 aliphatic rings. The average Bonchev–Trinajstić information content (AvgIpc) is 2.60. The monoisotopic (exact) mass is 325 g/mol. The Balaban J connectivity index is 1.85. The molecule has 0 aromatic heterocycles. The van der Waals surface area contributed by atoms with Crippen molar-refractivity contribution < 1.29 is 19.4 Å². The van der Waals surface area contributed by atoms with Crippen molar-refractivity contribution in [2.45, 2.75) is 18.9 Å². The summed E-state index contributed by atoms with van der Waals surface area (Å²) in [5.74, 6) is -0.841. The van der Waals surface area contributed by atoms with Gasteiger partial charge in [-0.15, -0.1) is 0 Å². The number of hydrogen-bond acceptors (Lipinski definition) is 3. The molecule has 1 N–H and O–H groups in total. The Morgan fingerprint density at radius 1 is 1.08 bits per heavy atom. The molecule has 0 bridgehead atoms. The summed E-state index contributed by atoms with van der Waals surface area (Å²) in [6.07, 6.45) is 0.556. The van der Waals surface area contributed by atoms with E-state index < -0.39 is 5.97 Å². The van der Waals surface area contributed by atoms with E-state index in [4.69, 9.17) is 4.74 Å². The minimum Gasteiger partial charge on any atom is -0.493 e. The Hall–Kier alpha value is -2.82. The van der Waals surface area contributed by atoms with E-state index in [1.807, 2.05) is 54.6 Å². The second-order valence-electron chi connectivity index (χ2n) is 5.80. The molecule has 0 aliphatic carbocycles. The highest BCUT2D eigenvalue weighted by Crippen LogP contribution is 2.34. The first-order valence-electron chi connectivity index (χ1n) is 7.91. The Bertz CT molecular complexity index is 729. The molecular formula is C19H19NO4. The van der Waals surface area contributed by atoms with Gasteiger partial charge < -0.3 is 14.7 Å². The molecular weight excluding hydrogens is 306 g/mol. The van der Waals surface area contributed by atoms with Crippen LogP contribution < -0.4 is 4.74 Å². The van der Waals surface area contributed by atoms with Crippen molar-refractivity contribution in [2.24, 2.45) is 0 Å². The molecule has 124 valence electrons. The molecule has 1 aliphatic heterocycles. The Morgan fingerprint density at radius 3 is 2.54 bits per heavy atom. The quantitative estimate of drug-likeness (QED) is 0.918. The van der Waals surface area contributed by atoms with Gasteiger partial charge in [0.05, 0.1) is 12.5 Å². The molecule has 0 radical (unpaired) electrons. The van der Waals surface area contributed by atoms with E-state index >= 15 is 0 Å². The predicted molar refractivity (Wildman–Crippen MR) is 88.8 cm³/mol. The molecule has 2 aromatic carbocycles. The summed E-state index contributed by atoms with van der Waals surface area (Å²) in [6, 6.07) is 16.9. The second-order valence-corrected chi connectivity index (χ2v) is 5.80. The number of carbonyl (C=O) groups is 2. The fourth-order valence-corrected chi connectivity index (χ4v) is 3.00. The van der Waals surface area contributed by atoms with Crippen molar-refractivity contribution in [2.75, 3.05) is 13.2 Å². The summed E-state index contributed by atoms with van der Waals surface area (Å²) in [5, 5.41) is 9.19. The first kappa shape index (κ1) is 16.1. The highest BCUT2D eigenvalue weighted by molar-refractivity contribution is 5.87. The molecule has 0 spiro atoms. The van der Waals surface area contributed by atoms with Crippen LogP contribution >= 0.6 is 0 Å². The van der Waals surface area contributed by atoms with Gasteiger partial charge in [-0.3, -0.25) is 9.59 Å². The number of nitrogens with zero attached hydrogens (tertiary/aromatic N) is 1. The fourth-order valence-electron chi connectivity index (χ4n) is 3.00. The predicted octanol–water partition coefficient (Wildman–Crippen LogP) is 2.67. The normalized spacial score (nSPS) is 15.9. The van der Waals surface area contributed by atoms with Gasteiger partial charge in [0.2, 0.25) is 5.91 Å². The molecule has 1 atom stereocenters. The summed E-state index contributed by atoms with van der Waals surface area (Å²) in [6.45, 7) is 0.429. The molecule has 0 saturated carbocycles. The van der Waals surface area contributed by atoms with Gasteiger partial charge in [0.15, 0.2) is 0 Å². The Kier molecular flexibility index (Phi) is 4.79. The zero-order valence-corrected chi connectivity index (χ0v) is 13.2. The van der Waals surface area contributed by atoms with Crippen LogP contribution in [0.3, 0.4) is 0 Å². The summed E-state index contributed by atoms with van der Waals surface area (Å²) in [4.78, 5) is 25.6. The van der Waals surface area contributed by atoms with E-state index in [0.29, 0.717) is 18.8 Å². The number of ether oxygens (including phenoxy) is 1. The van der Waals surface area contributed by atoms with Crippen molar-refractivity contribution in [1.82, 2.24) is 4.90 Å². The minimum atomic E-state index is -1.01. The van der Waals surface area contributed by atoms with Gasteiger partial charge in [0.1, 0.15) is 12.3 Å². The highest BCUT2D eigenvalue weighted by atomic mass is 16.5. The zero-order valence-electron chi connectivity index (χ0n) is 13.2. The van der Waals surface area contributed by atoms with Crippen LogP contribution in [0.1, 0.15) is 23.5 Å². The third kappa shape index (κ3) is 3.56. The standard InChI is InChI=1S/C19H19NO4/c21-18(22)13-20(12-14-6-2-1-3-7-14)19(23)16-10-11-24-17-9-5-4-8-15(16)17/h1-9,16H,10-13H2,(H,21,22)/t16-/m1/s1. The van der Waals surface area contributed by atoms with E-state index in [9.17, 15) is 14.7 Å². The second kappa shape index (κ2) is 7.17. The van der Waals surface area contributed by atoms with Gasteiger partial charge in [0.25, 0.3) is 0 Å². The van der Waals surface area contributed by atoms with E-state index in [1.54, 1.807) is 0 Å². The topological polar surface area (TPSA) is 66.8 Å². The van der Waals surface area contributed by atoms with Crippen molar-refractivity contribution >= 4 is 11.9 Å². The van der Waals surface area contributed by atoms with Crippen molar-refractivity contribution in [3.8, 4) is 5.75 Å². The lowest BCUT2D eigenvalue weighted by atomic mass is 9.91. The maximum Gasteiger partial charge on any atom is 0.323 e. The van der Waals surface area contributed by atoms with Crippen LogP contribution in [0.5, 0.6) is 5.75 Å². The van der Waals surface area contributed by atoms with E-state index in [-0.39, 0.29) is 24.9 Å². The molecule has 0 unspecified atom stereocenters. The van der Waals surface area contributed by atoms with E-state index in [0.717, 1.165) is 11.1 Å². The maximum absolute atomic E-state index is 13.0. The molecule has 2 aromatic rings. The first-order valence-corrected chi connectivity index (χ1v) is 7.91. The number of hydrogen-bond donors (Lipinski definition) is 1. The van der Waals surface area contributed by atoms with Gasteiger partial charge in [-0.2, -0.15) is 0 Å². The number of benzene rings is 2. The van der Waals surface area contributed by atoms with Crippen LogP contribution in [0.15, 0.2) is 54.6 Å². The molecule has 1 heterocycles. The van der Waals surface area contributed by atoms with Crippen molar-refractivity contribution in [1.29, 1.82) is 0 Å². The van der Waals surface area contributed by atoms with Gasteiger partial charge in [0, 0.05) is 12.1 Å². The Labute approximate surface area is 140 Å². The lowest BCUT2D eigenvalue weighted by Crippen LogP contribution is -2.39. The van der Waals surface area contributed by atoms with Crippen LogP contribution in [0, 0.1) is 0 Å². The summed E-state index contributed by atoms with van der Waals surface area (Å²) in [5.41, 5.74) is 1.74.